The number of nitrogens with zero attached hydrogens (tertiary/aromatic N) is 2. The highest BCUT2D eigenvalue weighted by molar-refractivity contribution is 8.00. The Bertz CT molecular complexity index is 1790. The van der Waals surface area contributed by atoms with Gasteiger partial charge in [-0.3, -0.25) is 14.2 Å². The van der Waals surface area contributed by atoms with E-state index in [-0.39, 0.29) is 22.9 Å². The highest BCUT2D eigenvalue weighted by atomic mass is 35.5. The van der Waals surface area contributed by atoms with Crippen molar-refractivity contribution in [2.24, 2.45) is 5.14 Å². The number of amides is 1. The molecule has 1 aromatic heterocycles. The lowest BCUT2D eigenvalue weighted by Crippen LogP contribution is -2.28. The second-order valence-electron chi connectivity index (χ2n) is 9.48. The normalized spacial score (nSPS) is 12.2. The largest absolute Gasteiger partial charge is 0.493 e. The van der Waals surface area contributed by atoms with Gasteiger partial charge in [0, 0.05) is 23.3 Å². The molecule has 1 amide bonds. The fourth-order valence-corrected chi connectivity index (χ4v) is 5.98. The number of nitrogens with one attached hydrogen (secondary N) is 1. The summed E-state index contributed by atoms with van der Waals surface area (Å²) in [7, 11) is -0.845. The van der Waals surface area contributed by atoms with Crippen molar-refractivity contribution in [3.8, 4) is 11.5 Å². The van der Waals surface area contributed by atoms with Crippen molar-refractivity contribution in [2.75, 3.05) is 19.5 Å². The average molecular weight is 631 g/mol. The Kier molecular flexibility index (Phi) is 9.82. The molecule has 4 rings (SSSR count). The molecule has 0 saturated heterocycles. The van der Waals surface area contributed by atoms with E-state index in [0.29, 0.717) is 51.1 Å². The SMILES string of the molecule is CC[C@@H](Sc1nc2cc(OC)c(OC)cc2c(=O)n1CCc1ccc(S(N)(=O)=O)cc1)C(=O)Nc1ccc(C)c(Cl)c1. The Hall–Kier alpha value is -3.58. The van der Waals surface area contributed by atoms with E-state index in [9.17, 15) is 18.0 Å². The molecule has 42 heavy (non-hydrogen) atoms. The molecular formula is C29H31ClN4O6S2. The first kappa shape index (κ1) is 31.4. The number of thioether (sulfide) groups is 1. The Morgan fingerprint density at radius 2 is 1.76 bits per heavy atom. The number of fused-ring (bicyclic) bond motifs is 1. The molecule has 0 aliphatic rings. The molecule has 222 valence electrons. The third-order valence-electron chi connectivity index (χ3n) is 6.65. The van der Waals surface area contributed by atoms with E-state index in [1.54, 1.807) is 36.4 Å². The van der Waals surface area contributed by atoms with Gasteiger partial charge in [0.2, 0.25) is 15.9 Å². The fourth-order valence-electron chi connectivity index (χ4n) is 4.24. The lowest BCUT2D eigenvalue weighted by molar-refractivity contribution is -0.115. The van der Waals surface area contributed by atoms with Crippen molar-refractivity contribution in [1.82, 2.24) is 9.55 Å². The van der Waals surface area contributed by atoms with Gasteiger partial charge in [-0.2, -0.15) is 0 Å². The van der Waals surface area contributed by atoms with Gasteiger partial charge in [-0.25, -0.2) is 18.5 Å². The molecule has 0 spiro atoms. The van der Waals surface area contributed by atoms with E-state index in [0.717, 1.165) is 11.1 Å². The van der Waals surface area contributed by atoms with Gasteiger partial charge in [-0.1, -0.05) is 48.5 Å². The predicted octanol–water partition coefficient (Wildman–Crippen LogP) is 4.78. The van der Waals surface area contributed by atoms with Crippen LogP contribution in [0, 0.1) is 6.92 Å². The maximum atomic E-state index is 13.8. The number of benzene rings is 3. The Labute approximate surface area is 253 Å². The van der Waals surface area contributed by atoms with E-state index in [1.165, 1.54) is 42.7 Å². The summed E-state index contributed by atoms with van der Waals surface area (Å²) in [6, 6.07) is 14.7. The van der Waals surface area contributed by atoms with Gasteiger partial charge in [0.15, 0.2) is 16.7 Å². The molecule has 0 fully saturated rings. The number of halogens is 1. The molecule has 13 heteroatoms. The maximum Gasteiger partial charge on any atom is 0.262 e. The van der Waals surface area contributed by atoms with E-state index >= 15 is 0 Å². The summed E-state index contributed by atoms with van der Waals surface area (Å²) in [5.41, 5.74) is 2.34. The van der Waals surface area contributed by atoms with Crippen LogP contribution in [0.3, 0.4) is 0 Å². The minimum Gasteiger partial charge on any atom is -0.493 e. The molecule has 0 unspecified atom stereocenters. The second kappa shape index (κ2) is 13.2. The highest BCUT2D eigenvalue weighted by Crippen LogP contribution is 2.32. The number of aromatic nitrogens is 2. The number of carbonyl (C=O) groups excluding carboxylic acids is 1. The molecule has 1 heterocycles. The lowest BCUT2D eigenvalue weighted by Gasteiger charge is -2.19. The smallest absolute Gasteiger partial charge is 0.262 e. The molecule has 1 atom stereocenters. The summed E-state index contributed by atoms with van der Waals surface area (Å²) in [6.07, 6.45) is 0.856. The topological polar surface area (TPSA) is 143 Å². The predicted molar refractivity (Wildman–Crippen MR) is 165 cm³/mol. The van der Waals surface area contributed by atoms with Gasteiger partial charge in [-0.05, 0) is 61.2 Å². The number of methoxy groups -OCH3 is 2. The van der Waals surface area contributed by atoms with Crippen LogP contribution in [0.2, 0.25) is 5.02 Å². The molecule has 3 N–H and O–H groups in total. The van der Waals surface area contributed by atoms with E-state index in [2.05, 4.69) is 5.32 Å². The zero-order chi connectivity index (χ0) is 30.6. The van der Waals surface area contributed by atoms with Crippen LogP contribution < -0.4 is 25.5 Å². The monoisotopic (exact) mass is 630 g/mol. The van der Waals surface area contributed by atoms with Crippen LogP contribution in [0.15, 0.2) is 69.4 Å². The number of aryl methyl sites for hydroxylation is 2. The van der Waals surface area contributed by atoms with Crippen molar-refractivity contribution < 1.29 is 22.7 Å². The first-order valence-electron chi connectivity index (χ1n) is 13.0. The van der Waals surface area contributed by atoms with E-state index in [4.69, 9.17) is 31.2 Å². The van der Waals surface area contributed by atoms with Crippen LogP contribution in [0.1, 0.15) is 24.5 Å². The summed E-state index contributed by atoms with van der Waals surface area (Å²) >= 11 is 7.42. The zero-order valence-corrected chi connectivity index (χ0v) is 25.9. The van der Waals surface area contributed by atoms with Crippen LogP contribution in [0.4, 0.5) is 5.69 Å². The Morgan fingerprint density at radius 3 is 2.36 bits per heavy atom. The van der Waals surface area contributed by atoms with Gasteiger partial charge in [0.05, 0.1) is 35.3 Å². The summed E-state index contributed by atoms with van der Waals surface area (Å²) < 4.78 is 35.6. The molecule has 3 aromatic carbocycles. The number of anilines is 1. The maximum absolute atomic E-state index is 13.8. The first-order chi connectivity index (χ1) is 19.9. The van der Waals surface area contributed by atoms with Crippen molar-refractivity contribution in [3.05, 3.63) is 81.1 Å². The number of rotatable bonds is 11. The number of sulfonamides is 1. The third kappa shape index (κ3) is 7.06. The van der Waals surface area contributed by atoms with E-state index < -0.39 is 15.3 Å². The van der Waals surface area contributed by atoms with Gasteiger partial charge in [0.25, 0.3) is 5.56 Å². The molecule has 0 radical (unpaired) electrons. The summed E-state index contributed by atoms with van der Waals surface area (Å²) in [5, 5.41) is 8.76. The zero-order valence-electron chi connectivity index (χ0n) is 23.5. The van der Waals surface area contributed by atoms with Crippen LogP contribution >= 0.6 is 23.4 Å². The number of hydrogen-bond acceptors (Lipinski definition) is 8. The van der Waals surface area contributed by atoms with Crippen LogP contribution in [-0.2, 0) is 27.8 Å². The second-order valence-corrected chi connectivity index (χ2v) is 12.6. The molecule has 0 aliphatic carbocycles. The molecule has 0 aliphatic heterocycles. The lowest BCUT2D eigenvalue weighted by atomic mass is 10.1. The van der Waals surface area contributed by atoms with Crippen molar-refractivity contribution in [2.45, 2.75) is 48.5 Å². The molecular weight excluding hydrogens is 600 g/mol. The number of hydrogen-bond donors (Lipinski definition) is 2. The van der Waals surface area contributed by atoms with Gasteiger partial charge < -0.3 is 14.8 Å². The fraction of sp³-hybridized carbons (Fsp3) is 0.276. The van der Waals surface area contributed by atoms with E-state index in [1.807, 2.05) is 19.9 Å². The first-order valence-corrected chi connectivity index (χ1v) is 15.8. The van der Waals surface area contributed by atoms with Gasteiger partial charge in [-0.15, -0.1) is 0 Å². The number of nitrogens with two attached hydrogens (primary N) is 1. The summed E-state index contributed by atoms with van der Waals surface area (Å²) in [5.74, 6) is 0.549. The number of primary sulfonamides is 1. The number of carbonyl (C=O) groups is 1. The minimum absolute atomic E-state index is 0.000241. The number of ether oxygens (including phenoxy) is 2. The van der Waals surface area contributed by atoms with Crippen molar-refractivity contribution in [3.63, 3.8) is 0 Å². The highest BCUT2D eigenvalue weighted by Gasteiger charge is 2.23. The standard InChI is InChI=1S/C29H31ClN4O6S2/c1-5-26(27(35)32-19-9-6-17(2)22(30)14-19)41-29-33-23-16-25(40-4)24(39-3)15-21(23)28(36)34(29)13-12-18-7-10-20(11-8-18)42(31,37)38/h6-11,14-16,26H,5,12-13H2,1-4H3,(H,32,35)(H2,31,37,38)/t26-/m1/s1. The van der Waals surface area contributed by atoms with Gasteiger partial charge in [0.1, 0.15) is 0 Å². The Balaban J connectivity index is 1.71. The minimum atomic E-state index is -3.82. The molecule has 0 saturated carbocycles. The Morgan fingerprint density at radius 1 is 1.10 bits per heavy atom. The average Bonchev–Trinajstić information content (AvgIpc) is 2.96. The third-order valence-corrected chi connectivity index (χ3v) is 9.34. The quantitative estimate of drug-likeness (QED) is 0.178. The molecule has 4 aromatic rings. The summed E-state index contributed by atoms with van der Waals surface area (Å²) in [4.78, 5) is 31.9. The van der Waals surface area contributed by atoms with Gasteiger partial charge >= 0.3 is 0 Å². The van der Waals surface area contributed by atoms with Crippen LogP contribution in [-0.4, -0.2) is 43.3 Å². The van der Waals surface area contributed by atoms with Crippen LogP contribution in [0.25, 0.3) is 10.9 Å². The van der Waals surface area contributed by atoms with Crippen molar-refractivity contribution >= 4 is 55.9 Å². The molecule has 10 nitrogen and oxygen atoms in total. The summed E-state index contributed by atoms with van der Waals surface area (Å²) in [6.45, 7) is 3.98. The van der Waals surface area contributed by atoms with Crippen molar-refractivity contribution in [1.29, 1.82) is 0 Å². The van der Waals surface area contributed by atoms with Crippen LogP contribution in [0.5, 0.6) is 11.5 Å². The molecule has 0 bridgehead atoms.